The summed E-state index contributed by atoms with van der Waals surface area (Å²) in [4.78, 5) is 37.9. The molecule has 0 bridgehead atoms. The molecule has 0 saturated carbocycles. The van der Waals surface area contributed by atoms with E-state index in [0.717, 1.165) is 46.1 Å². The van der Waals surface area contributed by atoms with Crippen LogP contribution < -0.4 is 20.3 Å². The van der Waals surface area contributed by atoms with Crippen molar-refractivity contribution in [2.24, 2.45) is 0 Å². The summed E-state index contributed by atoms with van der Waals surface area (Å²) in [6.07, 6.45) is 5.34. The fourth-order valence-corrected chi connectivity index (χ4v) is 4.93. The minimum Gasteiger partial charge on any atom is -0.480 e. The number of benzene rings is 1. The lowest BCUT2D eigenvalue weighted by molar-refractivity contribution is 0.0950. The van der Waals surface area contributed by atoms with Gasteiger partial charge in [-0.1, -0.05) is 13.3 Å². The number of methoxy groups -OCH3 is 2. The van der Waals surface area contributed by atoms with E-state index in [-0.39, 0.29) is 30.1 Å². The van der Waals surface area contributed by atoms with Gasteiger partial charge in [-0.05, 0) is 69.0 Å². The Labute approximate surface area is 222 Å². The Bertz CT molecular complexity index is 1550. The smallest absolute Gasteiger partial charge is 0.319 e. The van der Waals surface area contributed by atoms with Gasteiger partial charge in [-0.25, -0.2) is 4.98 Å². The van der Waals surface area contributed by atoms with E-state index in [9.17, 15) is 9.59 Å². The van der Waals surface area contributed by atoms with Crippen LogP contribution in [0.4, 0.5) is 0 Å². The summed E-state index contributed by atoms with van der Waals surface area (Å²) in [7, 11) is 3.03. The highest BCUT2D eigenvalue weighted by atomic mass is 16.5. The van der Waals surface area contributed by atoms with Crippen LogP contribution in [-0.4, -0.2) is 39.6 Å². The molecule has 0 fully saturated rings. The van der Waals surface area contributed by atoms with Crippen molar-refractivity contribution in [3.63, 3.8) is 0 Å². The van der Waals surface area contributed by atoms with Crippen molar-refractivity contribution in [1.29, 1.82) is 0 Å². The molecule has 0 atom stereocenters. The quantitative estimate of drug-likeness (QED) is 0.327. The average molecular weight is 518 g/mol. The summed E-state index contributed by atoms with van der Waals surface area (Å²) in [6.45, 7) is 10.2. The number of nitrogens with one attached hydrogen (secondary N) is 2. The van der Waals surface area contributed by atoms with E-state index in [4.69, 9.17) is 9.47 Å². The highest BCUT2D eigenvalue weighted by Crippen LogP contribution is 2.38. The maximum atomic E-state index is 13.7. The van der Waals surface area contributed by atoms with Crippen LogP contribution in [0.5, 0.6) is 11.9 Å². The first-order valence-corrected chi connectivity index (χ1v) is 12.8. The second kappa shape index (κ2) is 11.1. The molecule has 9 nitrogen and oxygen atoms in total. The van der Waals surface area contributed by atoms with Gasteiger partial charge in [0.15, 0.2) is 0 Å². The van der Waals surface area contributed by atoms with Gasteiger partial charge in [0.25, 0.3) is 11.5 Å². The lowest BCUT2D eigenvalue weighted by Gasteiger charge is -2.18. The third kappa shape index (κ3) is 5.01. The van der Waals surface area contributed by atoms with E-state index in [1.807, 2.05) is 38.2 Å². The maximum absolute atomic E-state index is 13.7. The zero-order valence-electron chi connectivity index (χ0n) is 23.1. The molecule has 200 valence electrons. The number of nitrogens with zero attached hydrogens (tertiary/aromatic N) is 3. The van der Waals surface area contributed by atoms with Crippen molar-refractivity contribution in [1.82, 2.24) is 24.8 Å². The highest BCUT2D eigenvalue weighted by Gasteiger charge is 2.22. The van der Waals surface area contributed by atoms with Crippen LogP contribution in [0, 0.1) is 13.8 Å². The van der Waals surface area contributed by atoms with Crippen molar-refractivity contribution < 1.29 is 14.3 Å². The van der Waals surface area contributed by atoms with Crippen molar-refractivity contribution >= 4 is 16.8 Å². The fourth-order valence-electron chi connectivity index (χ4n) is 4.93. The van der Waals surface area contributed by atoms with Crippen molar-refractivity contribution in [2.45, 2.75) is 60.0 Å². The van der Waals surface area contributed by atoms with Gasteiger partial charge in [-0.3, -0.25) is 9.59 Å². The number of pyridine rings is 1. The summed E-state index contributed by atoms with van der Waals surface area (Å²) in [6, 6.07) is 6.23. The third-order valence-corrected chi connectivity index (χ3v) is 6.76. The minimum absolute atomic E-state index is 0.136. The van der Waals surface area contributed by atoms with Crippen LogP contribution in [0.2, 0.25) is 0 Å². The molecular formula is C29H35N5O4. The number of rotatable bonds is 9. The largest absolute Gasteiger partial charge is 0.480 e. The number of ether oxygens (including phenoxy) is 2. The number of hydrogen-bond donors (Lipinski definition) is 2. The number of aryl methyl sites for hydroxylation is 3. The number of H-pyrrole nitrogens is 1. The van der Waals surface area contributed by atoms with E-state index in [1.165, 1.54) is 14.2 Å². The van der Waals surface area contributed by atoms with Crippen LogP contribution in [0.3, 0.4) is 0 Å². The van der Waals surface area contributed by atoms with E-state index >= 15 is 0 Å². The van der Waals surface area contributed by atoms with Crippen LogP contribution in [0.25, 0.3) is 22.0 Å². The van der Waals surface area contributed by atoms with Gasteiger partial charge in [-0.15, -0.1) is 0 Å². The number of carbonyl (C=O) groups is 1. The number of amides is 1. The first-order chi connectivity index (χ1) is 18.2. The van der Waals surface area contributed by atoms with Gasteiger partial charge in [0.05, 0.1) is 25.3 Å². The molecule has 38 heavy (non-hydrogen) atoms. The Balaban J connectivity index is 1.83. The summed E-state index contributed by atoms with van der Waals surface area (Å²) in [5.41, 5.74) is 5.90. The van der Waals surface area contributed by atoms with E-state index < -0.39 is 0 Å². The van der Waals surface area contributed by atoms with Crippen LogP contribution in [0.15, 0.2) is 35.4 Å². The Kier molecular flexibility index (Phi) is 7.85. The molecule has 9 heteroatoms. The number of fused-ring (bicyclic) bond motifs is 1. The van der Waals surface area contributed by atoms with Gasteiger partial charge in [0, 0.05) is 47.2 Å². The van der Waals surface area contributed by atoms with Crippen LogP contribution >= 0.6 is 0 Å². The fraction of sp³-hybridized carbons (Fsp3) is 0.379. The first-order valence-electron chi connectivity index (χ1n) is 12.8. The topological polar surface area (TPSA) is 111 Å². The molecule has 0 aliphatic heterocycles. The summed E-state index contributed by atoms with van der Waals surface area (Å²) >= 11 is 0. The van der Waals surface area contributed by atoms with Gasteiger partial charge in [-0.2, -0.15) is 4.98 Å². The molecule has 1 aromatic carbocycles. The van der Waals surface area contributed by atoms with E-state index in [2.05, 4.69) is 45.6 Å². The second-order valence-electron chi connectivity index (χ2n) is 9.67. The van der Waals surface area contributed by atoms with Gasteiger partial charge < -0.3 is 24.3 Å². The molecule has 1 amide bonds. The van der Waals surface area contributed by atoms with Crippen LogP contribution in [0.1, 0.15) is 66.0 Å². The number of aromatic amines is 1. The SMILES string of the molecule is CCCc1cc(C)[nH]c(=O)c1CNC(=O)c1cc(-c2cnc(OC)nc2OC)c2ccn(C(C)C)c2c1C. The molecule has 0 saturated heterocycles. The molecular weight excluding hydrogens is 482 g/mol. The molecule has 0 aliphatic rings. The van der Waals surface area contributed by atoms with E-state index in [1.54, 1.807) is 6.20 Å². The van der Waals surface area contributed by atoms with Gasteiger partial charge in [0.2, 0.25) is 5.88 Å². The Morgan fingerprint density at radius 2 is 1.92 bits per heavy atom. The molecule has 0 unspecified atom stereocenters. The Morgan fingerprint density at radius 1 is 1.16 bits per heavy atom. The zero-order valence-corrected chi connectivity index (χ0v) is 23.1. The monoisotopic (exact) mass is 517 g/mol. The third-order valence-electron chi connectivity index (χ3n) is 6.76. The van der Waals surface area contributed by atoms with Gasteiger partial charge >= 0.3 is 6.01 Å². The second-order valence-corrected chi connectivity index (χ2v) is 9.67. The molecule has 4 aromatic rings. The zero-order chi connectivity index (χ0) is 27.6. The summed E-state index contributed by atoms with van der Waals surface area (Å²) in [5, 5.41) is 3.95. The molecule has 0 radical (unpaired) electrons. The predicted molar refractivity (Wildman–Crippen MR) is 148 cm³/mol. The Morgan fingerprint density at radius 3 is 2.58 bits per heavy atom. The molecule has 3 aromatic heterocycles. The van der Waals surface area contributed by atoms with Crippen molar-refractivity contribution in [2.75, 3.05) is 14.2 Å². The first kappa shape index (κ1) is 26.9. The average Bonchev–Trinajstić information content (AvgIpc) is 3.34. The summed E-state index contributed by atoms with van der Waals surface area (Å²) in [5.74, 6) is 0.0824. The minimum atomic E-state index is -0.266. The number of carbonyl (C=O) groups excluding carboxylic acids is 1. The van der Waals surface area contributed by atoms with Gasteiger partial charge in [0.1, 0.15) is 0 Å². The molecule has 2 N–H and O–H groups in total. The lowest BCUT2D eigenvalue weighted by atomic mass is 9.95. The van der Waals surface area contributed by atoms with Crippen LogP contribution in [-0.2, 0) is 13.0 Å². The lowest BCUT2D eigenvalue weighted by Crippen LogP contribution is -2.29. The molecule has 3 heterocycles. The van der Waals surface area contributed by atoms with Crippen molar-refractivity contribution in [3.05, 3.63) is 68.9 Å². The van der Waals surface area contributed by atoms with Crippen molar-refractivity contribution in [3.8, 4) is 23.0 Å². The standard InChI is InChI=1S/C29H35N5O4/c1-8-9-19-12-17(4)32-27(36)23(19)14-30-26(35)21-13-22(24-15-31-29(38-7)33-28(24)37-6)20-10-11-34(16(2)3)25(20)18(21)5/h10-13,15-16H,8-9,14H2,1-7H3,(H,30,35)(H,32,36). The summed E-state index contributed by atoms with van der Waals surface area (Å²) < 4.78 is 12.9. The number of hydrogen-bond acceptors (Lipinski definition) is 6. The number of aromatic nitrogens is 4. The predicted octanol–water partition coefficient (Wildman–Crippen LogP) is 4.88. The maximum Gasteiger partial charge on any atom is 0.319 e. The molecule has 0 spiro atoms. The Hall–Kier alpha value is -4.14. The highest BCUT2D eigenvalue weighted by molar-refractivity contribution is 6.07. The molecule has 4 rings (SSSR count). The normalized spacial score (nSPS) is 11.3. The molecule has 0 aliphatic carbocycles. The van der Waals surface area contributed by atoms with E-state index in [0.29, 0.717) is 22.6 Å².